The molecule has 1 aliphatic heterocycles. The summed E-state index contributed by atoms with van der Waals surface area (Å²) in [6, 6.07) is 14.2. The second-order valence-corrected chi connectivity index (χ2v) is 7.80. The Kier molecular flexibility index (Phi) is 6.76. The van der Waals surface area contributed by atoms with Crippen molar-refractivity contribution in [2.24, 2.45) is 5.92 Å². The van der Waals surface area contributed by atoms with E-state index in [-0.39, 0.29) is 18.4 Å². The smallest absolute Gasteiger partial charge is 0.416 e. The first-order valence-electron chi connectivity index (χ1n) is 10.6. The van der Waals surface area contributed by atoms with Gasteiger partial charge in [0.05, 0.1) is 11.5 Å². The van der Waals surface area contributed by atoms with Gasteiger partial charge in [0.2, 0.25) is 5.91 Å². The molecule has 1 saturated heterocycles. The summed E-state index contributed by atoms with van der Waals surface area (Å²) in [5, 5.41) is 2.77. The Morgan fingerprint density at radius 1 is 1.09 bits per heavy atom. The van der Waals surface area contributed by atoms with E-state index in [1.807, 2.05) is 35.2 Å². The van der Waals surface area contributed by atoms with Gasteiger partial charge in [-0.15, -0.1) is 0 Å². The van der Waals surface area contributed by atoms with Crippen molar-refractivity contribution in [2.75, 3.05) is 18.0 Å². The molecule has 2 heterocycles. The number of carbonyl (C=O) groups excluding carboxylic acids is 1. The second-order valence-electron chi connectivity index (χ2n) is 7.80. The number of carbonyl (C=O) groups is 1. The topological polar surface area (TPSA) is 67.4 Å². The Morgan fingerprint density at radius 2 is 1.88 bits per heavy atom. The molecule has 6 nitrogen and oxygen atoms in total. The highest BCUT2D eigenvalue weighted by molar-refractivity contribution is 5.79. The first kappa shape index (κ1) is 22.6. The highest BCUT2D eigenvalue weighted by Gasteiger charge is 2.31. The molecule has 1 N–H and O–H groups in total. The molecule has 1 aliphatic rings. The summed E-state index contributed by atoms with van der Waals surface area (Å²) >= 11 is 0. The number of benzene rings is 2. The molecule has 1 amide bonds. The largest absolute Gasteiger partial charge is 0.436 e. The number of ether oxygens (including phenoxy) is 1. The zero-order valence-corrected chi connectivity index (χ0v) is 17.8. The van der Waals surface area contributed by atoms with Crippen molar-refractivity contribution >= 4 is 11.7 Å². The standard InChI is InChI=1S/C24H23F3N4O2/c25-24(26,27)19-8-4-6-17(14-19)15-30-22(32)18-7-5-13-31(16-18)21-23(29-12-11-28-21)33-20-9-2-1-3-10-20/h1-4,6,8-12,14,18H,5,7,13,15-16H2,(H,30,32). The monoisotopic (exact) mass is 456 g/mol. The summed E-state index contributed by atoms with van der Waals surface area (Å²) in [5.41, 5.74) is -0.329. The molecule has 9 heteroatoms. The Hall–Kier alpha value is -3.62. The summed E-state index contributed by atoms with van der Waals surface area (Å²) in [6.07, 6.45) is 0.151. The number of amides is 1. The number of piperidine rings is 1. The van der Waals surface area contributed by atoms with Gasteiger partial charge in [0.15, 0.2) is 5.82 Å². The maximum absolute atomic E-state index is 12.9. The molecule has 0 bridgehead atoms. The van der Waals surface area contributed by atoms with E-state index >= 15 is 0 Å². The molecule has 3 aromatic rings. The van der Waals surface area contributed by atoms with Gasteiger partial charge < -0.3 is 15.0 Å². The van der Waals surface area contributed by atoms with Gasteiger partial charge in [-0.25, -0.2) is 9.97 Å². The van der Waals surface area contributed by atoms with Crippen LogP contribution in [0.2, 0.25) is 0 Å². The minimum atomic E-state index is -4.42. The summed E-state index contributed by atoms with van der Waals surface area (Å²) in [7, 11) is 0. The van der Waals surface area contributed by atoms with Crippen LogP contribution in [0.1, 0.15) is 24.0 Å². The molecule has 0 saturated carbocycles. The van der Waals surface area contributed by atoms with E-state index in [9.17, 15) is 18.0 Å². The average molecular weight is 456 g/mol. The van der Waals surface area contributed by atoms with Crippen molar-refractivity contribution in [3.05, 3.63) is 78.1 Å². The molecule has 4 rings (SSSR count). The number of anilines is 1. The Morgan fingerprint density at radius 3 is 2.67 bits per heavy atom. The Bertz CT molecular complexity index is 1090. The molecule has 0 spiro atoms. The zero-order chi connectivity index (χ0) is 23.3. The van der Waals surface area contributed by atoms with Crippen molar-refractivity contribution in [1.82, 2.24) is 15.3 Å². The molecule has 1 fully saturated rings. The molecular formula is C24H23F3N4O2. The molecule has 172 valence electrons. The predicted octanol–water partition coefficient (Wildman–Crippen LogP) is 4.82. The Balaban J connectivity index is 1.40. The molecule has 1 aromatic heterocycles. The van der Waals surface area contributed by atoms with Crippen molar-refractivity contribution < 1.29 is 22.7 Å². The number of halogens is 3. The molecule has 1 unspecified atom stereocenters. The van der Waals surface area contributed by atoms with Crippen LogP contribution in [0.25, 0.3) is 0 Å². The van der Waals surface area contributed by atoms with Gasteiger partial charge in [0.1, 0.15) is 5.75 Å². The quantitative estimate of drug-likeness (QED) is 0.576. The first-order valence-corrected chi connectivity index (χ1v) is 10.6. The van der Waals surface area contributed by atoms with Gasteiger partial charge in [0, 0.05) is 32.0 Å². The van der Waals surface area contributed by atoms with Crippen molar-refractivity contribution in [3.8, 4) is 11.6 Å². The molecule has 0 aliphatic carbocycles. The van der Waals surface area contributed by atoms with Crippen LogP contribution in [0.15, 0.2) is 67.0 Å². The first-order chi connectivity index (χ1) is 15.9. The molecule has 2 aromatic carbocycles. The highest BCUT2D eigenvalue weighted by Crippen LogP contribution is 2.31. The van der Waals surface area contributed by atoms with Gasteiger partial charge in [-0.2, -0.15) is 13.2 Å². The third-order valence-corrected chi connectivity index (χ3v) is 5.42. The number of aromatic nitrogens is 2. The van der Waals surface area contributed by atoms with Crippen LogP contribution in [-0.4, -0.2) is 29.0 Å². The van der Waals surface area contributed by atoms with E-state index in [2.05, 4.69) is 15.3 Å². The van der Waals surface area contributed by atoms with Gasteiger partial charge in [-0.05, 0) is 42.7 Å². The molecule has 33 heavy (non-hydrogen) atoms. The lowest BCUT2D eigenvalue weighted by atomic mass is 9.97. The highest BCUT2D eigenvalue weighted by atomic mass is 19.4. The van der Waals surface area contributed by atoms with E-state index in [0.717, 1.165) is 18.6 Å². The number of hydrogen-bond acceptors (Lipinski definition) is 5. The van der Waals surface area contributed by atoms with Gasteiger partial charge in [-0.3, -0.25) is 4.79 Å². The van der Waals surface area contributed by atoms with Gasteiger partial charge >= 0.3 is 6.18 Å². The number of rotatable bonds is 6. The van der Waals surface area contributed by atoms with Crippen LogP contribution in [0.3, 0.4) is 0 Å². The minimum Gasteiger partial charge on any atom is -0.436 e. The van der Waals surface area contributed by atoms with Gasteiger partial charge in [0.25, 0.3) is 5.88 Å². The minimum absolute atomic E-state index is 0.0345. The predicted molar refractivity (Wildman–Crippen MR) is 117 cm³/mol. The van der Waals surface area contributed by atoms with Crippen LogP contribution >= 0.6 is 0 Å². The third-order valence-electron chi connectivity index (χ3n) is 5.42. The molecular weight excluding hydrogens is 433 g/mol. The number of alkyl halides is 3. The number of para-hydroxylation sites is 1. The van der Waals surface area contributed by atoms with Crippen molar-refractivity contribution in [3.63, 3.8) is 0 Å². The normalized spacial score (nSPS) is 16.3. The fraction of sp³-hybridized carbons (Fsp3) is 0.292. The summed E-state index contributed by atoms with van der Waals surface area (Å²) in [6.45, 7) is 1.15. The lowest BCUT2D eigenvalue weighted by Crippen LogP contribution is -2.43. The summed E-state index contributed by atoms with van der Waals surface area (Å²) in [4.78, 5) is 23.5. The lowest BCUT2D eigenvalue weighted by Gasteiger charge is -2.33. The number of nitrogens with zero attached hydrogens (tertiary/aromatic N) is 3. The summed E-state index contributed by atoms with van der Waals surface area (Å²) in [5.74, 6) is 1.01. The third kappa shape index (κ3) is 5.79. The Labute approximate surface area is 189 Å². The maximum atomic E-state index is 12.9. The van der Waals surface area contributed by atoms with Crippen LogP contribution in [0.5, 0.6) is 11.6 Å². The van der Waals surface area contributed by atoms with E-state index in [0.29, 0.717) is 42.5 Å². The summed E-state index contributed by atoms with van der Waals surface area (Å²) < 4.78 is 44.6. The lowest BCUT2D eigenvalue weighted by molar-refractivity contribution is -0.137. The van der Waals surface area contributed by atoms with E-state index < -0.39 is 11.7 Å². The average Bonchev–Trinajstić information content (AvgIpc) is 2.83. The van der Waals surface area contributed by atoms with Crippen molar-refractivity contribution in [2.45, 2.75) is 25.6 Å². The van der Waals surface area contributed by atoms with Crippen molar-refractivity contribution in [1.29, 1.82) is 0 Å². The van der Waals surface area contributed by atoms with Crippen LogP contribution < -0.4 is 15.0 Å². The van der Waals surface area contributed by atoms with Crippen LogP contribution in [-0.2, 0) is 17.5 Å². The fourth-order valence-corrected chi connectivity index (χ4v) is 3.78. The number of nitrogens with one attached hydrogen (secondary N) is 1. The maximum Gasteiger partial charge on any atom is 0.416 e. The van der Waals surface area contributed by atoms with Crippen LogP contribution in [0.4, 0.5) is 19.0 Å². The molecule has 0 radical (unpaired) electrons. The van der Waals surface area contributed by atoms with Gasteiger partial charge in [-0.1, -0.05) is 30.3 Å². The number of hydrogen-bond donors (Lipinski definition) is 1. The molecule has 1 atom stereocenters. The zero-order valence-electron chi connectivity index (χ0n) is 17.8. The second kappa shape index (κ2) is 9.89. The fourth-order valence-electron chi connectivity index (χ4n) is 3.78. The SMILES string of the molecule is O=C(NCc1cccc(C(F)(F)F)c1)C1CCCN(c2nccnc2Oc2ccccc2)C1. The van der Waals surface area contributed by atoms with E-state index in [4.69, 9.17) is 4.74 Å². The van der Waals surface area contributed by atoms with E-state index in [1.54, 1.807) is 18.5 Å². The van der Waals surface area contributed by atoms with Crippen LogP contribution in [0, 0.1) is 5.92 Å². The van der Waals surface area contributed by atoms with E-state index in [1.165, 1.54) is 6.07 Å².